The van der Waals surface area contributed by atoms with Crippen LogP contribution in [0.15, 0.2) is 30.4 Å². The molecule has 7 rings (SSSR count). The summed E-state index contributed by atoms with van der Waals surface area (Å²) in [5.41, 5.74) is -5.20. The van der Waals surface area contributed by atoms with Crippen LogP contribution < -0.4 is 20.1 Å². The fourth-order valence-electron chi connectivity index (χ4n) is 8.16. The molecule has 3 aliphatic heterocycles. The number of aryl methyl sites for hydroxylation is 1. The van der Waals surface area contributed by atoms with Gasteiger partial charge in [-0.25, -0.2) is 18.2 Å². The second-order valence-electron chi connectivity index (χ2n) is 17.3. The van der Waals surface area contributed by atoms with E-state index in [2.05, 4.69) is 20.3 Å². The fourth-order valence-corrected chi connectivity index (χ4v) is 9.69. The van der Waals surface area contributed by atoms with Crippen molar-refractivity contribution in [3.8, 4) is 5.75 Å². The Balaban J connectivity index is 1.27. The second kappa shape index (κ2) is 14.3. The van der Waals surface area contributed by atoms with Crippen molar-refractivity contribution in [2.75, 3.05) is 6.54 Å². The van der Waals surface area contributed by atoms with Crippen LogP contribution in [0.4, 0.5) is 18.0 Å². The normalized spacial score (nSPS) is 29.4. The number of nitrogens with one attached hydrogen (secondary N) is 3. The number of halogens is 4. The van der Waals surface area contributed by atoms with Crippen LogP contribution in [0.25, 0.3) is 10.9 Å². The molecule has 3 N–H and O–H groups in total. The van der Waals surface area contributed by atoms with E-state index in [1.165, 1.54) is 17.9 Å². The van der Waals surface area contributed by atoms with Gasteiger partial charge in [-0.1, -0.05) is 48.7 Å². The zero-order valence-electron chi connectivity index (χ0n) is 32.2. The molecule has 4 amide bonds. The van der Waals surface area contributed by atoms with Gasteiger partial charge >= 0.3 is 12.3 Å². The molecular weight excluding hydrogens is 791 g/mol. The van der Waals surface area contributed by atoms with Crippen molar-refractivity contribution in [2.45, 2.75) is 138 Å². The van der Waals surface area contributed by atoms with Crippen LogP contribution in [0.5, 0.6) is 5.75 Å². The number of hydrogen-bond acceptors (Lipinski definition) is 9. The number of carbonyl (C=O) groups excluding carboxylic acids is 4. The third-order valence-corrected chi connectivity index (χ3v) is 14.2. The molecule has 1 saturated heterocycles. The molecule has 310 valence electrons. The Hall–Kier alpha value is -4.12. The molecule has 5 aliphatic rings. The molecule has 1 spiro atoms. The largest absolute Gasteiger partial charge is 0.483 e. The number of alkyl carbamates (subject to hydrolysis) is 1. The summed E-state index contributed by atoms with van der Waals surface area (Å²) >= 11 is 6.30. The SMILES string of the molecule is CC(C)(C)OC(=O)N[C@H]1CCCCC/C=C\[C@@H]2C[C@@]2(C(=O)NS(=O)(=O)C2(C)CC2)NC(=O)[C@@H]2C[C@]3(CCc4c(c(C(F)(F)F)nc5c(Cl)cccc45)O3)CN2C1=O. The average Bonchev–Trinajstić information content (AvgIpc) is 4.00. The number of hydrogen-bond donors (Lipinski definition) is 3. The molecule has 0 bridgehead atoms. The smallest absolute Gasteiger partial charge is 0.437 e. The van der Waals surface area contributed by atoms with E-state index < -0.39 is 90.9 Å². The Morgan fingerprint density at radius 2 is 1.82 bits per heavy atom. The van der Waals surface area contributed by atoms with Crippen molar-refractivity contribution >= 4 is 56.3 Å². The first-order chi connectivity index (χ1) is 26.6. The predicted molar refractivity (Wildman–Crippen MR) is 203 cm³/mol. The lowest BCUT2D eigenvalue weighted by Crippen LogP contribution is -2.58. The molecule has 13 nitrogen and oxygen atoms in total. The number of ether oxygens (including phenoxy) is 2. The number of aromatic nitrogens is 1. The van der Waals surface area contributed by atoms with Gasteiger partial charge in [-0.15, -0.1) is 0 Å². The van der Waals surface area contributed by atoms with Gasteiger partial charge in [0.25, 0.3) is 5.91 Å². The highest BCUT2D eigenvalue weighted by atomic mass is 35.5. The molecule has 0 unspecified atom stereocenters. The summed E-state index contributed by atoms with van der Waals surface area (Å²) in [6.07, 6.45) is 1.17. The molecule has 0 radical (unpaired) electrons. The van der Waals surface area contributed by atoms with Crippen LogP contribution in [0.1, 0.15) is 103 Å². The van der Waals surface area contributed by atoms with Crippen LogP contribution in [-0.4, -0.2) is 82.2 Å². The number of allylic oxidation sites excluding steroid dienone is 1. The molecule has 5 atom stereocenters. The van der Waals surface area contributed by atoms with E-state index in [-0.39, 0.29) is 54.8 Å². The fraction of sp³-hybridized carbons (Fsp3) is 0.615. The molecule has 18 heteroatoms. The maximum Gasteiger partial charge on any atom is 0.437 e. The first kappa shape index (κ1) is 41.1. The van der Waals surface area contributed by atoms with E-state index in [0.29, 0.717) is 43.9 Å². The summed E-state index contributed by atoms with van der Waals surface area (Å²) in [6, 6.07) is 2.07. The van der Waals surface area contributed by atoms with Gasteiger partial charge in [0.1, 0.15) is 28.8 Å². The number of alkyl halides is 3. The van der Waals surface area contributed by atoms with Crippen molar-refractivity contribution in [1.29, 1.82) is 0 Å². The molecule has 2 aromatic rings. The number of para-hydroxylation sites is 1. The van der Waals surface area contributed by atoms with Gasteiger partial charge in [0.15, 0.2) is 11.4 Å². The summed E-state index contributed by atoms with van der Waals surface area (Å²) < 4.78 is 83.3. The maximum atomic E-state index is 14.7. The van der Waals surface area contributed by atoms with Crippen molar-refractivity contribution in [3.63, 3.8) is 0 Å². The average molecular weight is 838 g/mol. The first-order valence-corrected chi connectivity index (χ1v) is 21.2. The Bertz CT molecular complexity index is 2160. The van der Waals surface area contributed by atoms with E-state index in [1.54, 1.807) is 39.0 Å². The zero-order valence-corrected chi connectivity index (χ0v) is 33.8. The minimum atomic E-state index is -4.96. The summed E-state index contributed by atoms with van der Waals surface area (Å²) in [7, 11) is -4.09. The maximum absolute atomic E-state index is 14.7. The zero-order chi connectivity index (χ0) is 41.3. The molecule has 3 fully saturated rings. The molecule has 2 saturated carbocycles. The number of carbonyl (C=O) groups is 4. The Morgan fingerprint density at radius 1 is 1.09 bits per heavy atom. The van der Waals surface area contributed by atoms with E-state index in [1.807, 2.05) is 6.08 Å². The summed E-state index contributed by atoms with van der Waals surface area (Å²) in [6.45, 7) is 6.18. The summed E-state index contributed by atoms with van der Waals surface area (Å²) in [5, 5.41) is 5.84. The van der Waals surface area contributed by atoms with Gasteiger partial charge in [-0.05, 0) is 85.1 Å². The standard InChI is InChI=1S/C39H47ClF3N5O8S/c1-35(2,3)56-34(52)44-26-14-9-7-5-6-8-11-22-19-38(22,33(51)47-57(53,54)36(4)17-18-36)46-31(49)27-20-37(21-48(27)32(26)50)16-15-24-23-12-10-13-25(40)28(23)45-30(29(24)55-37)39(41,42)43/h8,10-13,22,26-27H,5-7,9,14-21H2,1-4H3,(H,44,52)(H,46,49)(H,47,51)/b11-8-/t22-,26+,27+,37-,38-/m1/s1. The third kappa shape index (κ3) is 8.02. The van der Waals surface area contributed by atoms with Crippen molar-refractivity contribution < 1.29 is 50.2 Å². The van der Waals surface area contributed by atoms with E-state index in [4.69, 9.17) is 21.1 Å². The number of nitrogens with zero attached hydrogens (tertiary/aromatic N) is 2. The summed E-state index contributed by atoms with van der Waals surface area (Å²) in [5.74, 6) is -3.50. The topological polar surface area (TPSA) is 173 Å². The molecule has 2 aliphatic carbocycles. The molecular formula is C39H47ClF3N5O8S. The van der Waals surface area contributed by atoms with Crippen LogP contribution in [0.3, 0.4) is 0 Å². The van der Waals surface area contributed by atoms with Crippen LogP contribution in [0.2, 0.25) is 5.02 Å². The highest BCUT2D eigenvalue weighted by Gasteiger charge is 2.64. The van der Waals surface area contributed by atoms with Crippen molar-refractivity contribution in [1.82, 2.24) is 25.2 Å². The van der Waals surface area contributed by atoms with Gasteiger partial charge in [0, 0.05) is 23.3 Å². The molecule has 4 heterocycles. The van der Waals surface area contributed by atoms with E-state index in [0.717, 1.165) is 0 Å². The van der Waals surface area contributed by atoms with Gasteiger partial charge in [-0.2, -0.15) is 13.2 Å². The number of fused-ring (bicyclic) bond motifs is 5. The highest BCUT2D eigenvalue weighted by molar-refractivity contribution is 7.91. The van der Waals surface area contributed by atoms with Crippen LogP contribution >= 0.6 is 11.6 Å². The lowest BCUT2D eigenvalue weighted by Gasteiger charge is -2.37. The lowest BCUT2D eigenvalue weighted by atomic mass is 9.87. The van der Waals surface area contributed by atoms with Crippen molar-refractivity contribution in [2.24, 2.45) is 5.92 Å². The Kier molecular flexibility index (Phi) is 10.3. The highest BCUT2D eigenvalue weighted by Crippen LogP contribution is 2.51. The number of benzene rings is 1. The number of pyridine rings is 1. The lowest BCUT2D eigenvalue weighted by molar-refractivity contribution is -0.144. The monoisotopic (exact) mass is 837 g/mol. The first-order valence-electron chi connectivity index (χ1n) is 19.3. The minimum absolute atomic E-state index is 0.0314. The third-order valence-electron chi connectivity index (χ3n) is 11.7. The van der Waals surface area contributed by atoms with Gasteiger partial charge in [-0.3, -0.25) is 19.1 Å². The van der Waals surface area contributed by atoms with E-state index >= 15 is 0 Å². The molecule has 1 aromatic carbocycles. The predicted octanol–water partition coefficient (Wildman–Crippen LogP) is 5.86. The van der Waals surface area contributed by atoms with Gasteiger partial charge in [0.05, 0.1) is 21.8 Å². The molecule has 1 aromatic heterocycles. The summed E-state index contributed by atoms with van der Waals surface area (Å²) in [4.78, 5) is 61.3. The quantitative estimate of drug-likeness (QED) is 0.319. The number of amides is 4. The Labute approximate surface area is 333 Å². The van der Waals surface area contributed by atoms with Crippen LogP contribution in [-0.2, 0) is 41.7 Å². The van der Waals surface area contributed by atoms with Gasteiger partial charge in [0.2, 0.25) is 21.8 Å². The number of rotatable bonds is 4. The van der Waals surface area contributed by atoms with Gasteiger partial charge < -0.3 is 25.0 Å². The molecule has 57 heavy (non-hydrogen) atoms. The Morgan fingerprint density at radius 3 is 2.51 bits per heavy atom. The van der Waals surface area contributed by atoms with E-state index in [9.17, 15) is 40.8 Å². The van der Waals surface area contributed by atoms with Crippen molar-refractivity contribution in [3.05, 3.63) is 46.6 Å². The van der Waals surface area contributed by atoms with Crippen LogP contribution in [0, 0.1) is 5.92 Å². The minimum Gasteiger partial charge on any atom is -0.483 e. The second-order valence-corrected chi connectivity index (χ2v) is 19.9. The number of sulfonamides is 1.